The largest absolute Gasteiger partial charge is 0.370 e. The molecule has 0 heterocycles. The lowest BCUT2D eigenvalue weighted by Gasteiger charge is -2.24. The molecular weight excluding hydrogens is 240 g/mol. The molecule has 12 heteroatoms. The third kappa shape index (κ3) is 5.93. The van der Waals surface area contributed by atoms with Gasteiger partial charge in [-0.1, -0.05) is 0 Å². The molecule has 0 amide bonds. The maximum atomic E-state index is 10.2. The van der Waals surface area contributed by atoms with Gasteiger partial charge in [0.05, 0.1) is 0 Å². The summed E-state index contributed by atoms with van der Waals surface area (Å²) in [6.07, 6.45) is -0.248. The second-order valence-corrected chi connectivity index (χ2v) is 2.77. The van der Waals surface area contributed by atoms with Crippen LogP contribution in [0.4, 0.5) is 0 Å². The second-order valence-electron chi connectivity index (χ2n) is 2.77. The van der Waals surface area contributed by atoms with Gasteiger partial charge in [0, 0.05) is 6.42 Å². The Morgan fingerprint density at radius 1 is 1.24 bits per heavy atom. The standard InChI is InChI=1S/C5H12N6O6/c6-3-1-2-5(9-4(7)8,16-10(12)13)17-11(14)15/h1-3,6H2,(H4,7,8,9). The molecule has 0 spiro atoms. The molecule has 0 aromatic heterocycles. The molecule has 0 saturated heterocycles. The summed E-state index contributed by atoms with van der Waals surface area (Å²) in [5.74, 6) is -3.18. The maximum Gasteiger partial charge on any atom is 0.358 e. The Labute approximate surface area is 94.6 Å². The van der Waals surface area contributed by atoms with Crippen molar-refractivity contribution in [1.29, 1.82) is 0 Å². The van der Waals surface area contributed by atoms with Gasteiger partial charge < -0.3 is 17.2 Å². The molecule has 0 aromatic rings. The number of rotatable bonds is 8. The topological polar surface area (TPSA) is 195 Å². The van der Waals surface area contributed by atoms with Crippen LogP contribution >= 0.6 is 0 Å². The van der Waals surface area contributed by atoms with Gasteiger partial charge in [0.1, 0.15) is 0 Å². The summed E-state index contributed by atoms with van der Waals surface area (Å²) in [5.41, 5.74) is 15.2. The molecule has 6 N–H and O–H groups in total. The molecule has 17 heavy (non-hydrogen) atoms. The summed E-state index contributed by atoms with van der Waals surface area (Å²) in [4.78, 5) is 31.7. The highest BCUT2D eigenvalue weighted by molar-refractivity contribution is 5.75. The number of guanidine groups is 1. The molecule has 0 fully saturated rings. The maximum absolute atomic E-state index is 10.2. The van der Waals surface area contributed by atoms with Crippen molar-refractivity contribution in [2.75, 3.05) is 6.54 Å². The van der Waals surface area contributed by atoms with Crippen LogP contribution in [0.15, 0.2) is 4.99 Å². The Bertz CT molecular complexity index is 298. The summed E-state index contributed by atoms with van der Waals surface area (Å²) in [6, 6.07) is 0. The lowest BCUT2D eigenvalue weighted by atomic mass is 10.2. The lowest BCUT2D eigenvalue weighted by Crippen LogP contribution is -2.42. The van der Waals surface area contributed by atoms with E-state index in [9.17, 15) is 20.2 Å². The third-order valence-corrected chi connectivity index (χ3v) is 1.43. The van der Waals surface area contributed by atoms with Gasteiger partial charge in [-0.15, -0.1) is 20.2 Å². The normalized spacial score (nSPS) is 10.4. The van der Waals surface area contributed by atoms with Crippen LogP contribution in [0.1, 0.15) is 12.8 Å². The smallest absolute Gasteiger partial charge is 0.358 e. The van der Waals surface area contributed by atoms with Gasteiger partial charge in [-0.25, -0.2) is 0 Å². The molecule has 12 nitrogen and oxygen atoms in total. The van der Waals surface area contributed by atoms with E-state index in [4.69, 9.17) is 17.2 Å². The summed E-state index contributed by atoms with van der Waals surface area (Å²) in [5, 5.41) is 17.9. The van der Waals surface area contributed by atoms with Gasteiger partial charge >= 0.3 is 5.91 Å². The van der Waals surface area contributed by atoms with Crippen LogP contribution in [0, 0.1) is 20.2 Å². The van der Waals surface area contributed by atoms with E-state index in [2.05, 4.69) is 14.7 Å². The van der Waals surface area contributed by atoms with Gasteiger partial charge in [0.2, 0.25) is 0 Å². The monoisotopic (exact) mass is 252 g/mol. The summed E-state index contributed by atoms with van der Waals surface area (Å²) in [7, 11) is 0. The lowest BCUT2D eigenvalue weighted by molar-refractivity contribution is -0.872. The molecule has 0 aliphatic heterocycles. The van der Waals surface area contributed by atoms with Crippen LogP contribution in [0.5, 0.6) is 0 Å². The van der Waals surface area contributed by atoms with Crippen LogP contribution in [0.2, 0.25) is 0 Å². The molecule has 0 aliphatic carbocycles. The fourth-order valence-corrected chi connectivity index (χ4v) is 0.960. The van der Waals surface area contributed by atoms with Crippen LogP contribution in [-0.2, 0) is 9.68 Å². The van der Waals surface area contributed by atoms with Crippen LogP contribution in [0.25, 0.3) is 0 Å². The van der Waals surface area contributed by atoms with Crippen LogP contribution in [0.3, 0.4) is 0 Å². The summed E-state index contributed by atoms with van der Waals surface area (Å²) in [6.45, 7) is 0.0872. The molecule has 98 valence electrons. The predicted octanol–water partition coefficient (Wildman–Crippen LogP) is -1.93. The van der Waals surface area contributed by atoms with Crippen molar-refractivity contribution >= 4 is 5.96 Å². The minimum absolute atomic E-state index is 0.0872. The fourth-order valence-electron chi connectivity index (χ4n) is 0.960. The number of hydrogen-bond donors (Lipinski definition) is 3. The van der Waals surface area contributed by atoms with Crippen LogP contribution in [-0.4, -0.2) is 28.6 Å². The number of aliphatic imine (C=N–C) groups is 1. The quantitative estimate of drug-likeness (QED) is 0.145. The van der Waals surface area contributed by atoms with Gasteiger partial charge in [0.25, 0.3) is 10.2 Å². The first-order valence-electron chi connectivity index (χ1n) is 4.29. The Hall–Kier alpha value is -2.37. The number of hydrogen-bond acceptors (Lipinski definition) is 8. The van der Waals surface area contributed by atoms with E-state index in [1.165, 1.54) is 0 Å². The molecule has 0 radical (unpaired) electrons. The first-order valence-corrected chi connectivity index (χ1v) is 4.29. The van der Waals surface area contributed by atoms with Crippen molar-refractivity contribution < 1.29 is 19.8 Å². The van der Waals surface area contributed by atoms with E-state index < -0.39 is 22.0 Å². The van der Waals surface area contributed by atoms with E-state index in [1.54, 1.807) is 0 Å². The van der Waals surface area contributed by atoms with Gasteiger partial charge in [-0.05, 0) is 13.0 Å². The van der Waals surface area contributed by atoms with Crippen molar-refractivity contribution in [2.45, 2.75) is 18.8 Å². The highest BCUT2D eigenvalue weighted by Crippen LogP contribution is 2.22. The summed E-state index contributed by atoms with van der Waals surface area (Å²) >= 11 is 0. The number of nitrogens with two attached hydrogens (primary N) is 3. The van der Waals surface area contributed by atoms with E-state index >= 15 is 0 Å². The van der Waals surface area contributed by atoms with Gasteiger partial charge in [-0.3, -0.25) is 9.68 Å². The highest BCUT2D eigenvalue weighted by atomic mass is 17.1. The van der Waals surface area contributed by atoms with Crippen molar-refractivity contribution in [1.82, 2.24) is 0 Å². The number of nitrogens with zero attached hydrogens (tertiary/aromatic N) is 3. The van der Waals surface area contributed by atoms with E-state index in [-0.39, 0.29) is 19.4 Å². The first kappa shape index (κ1) is 14.6. The molecule has 0 aromatic carbocycles. The molecule has 0 atom stereocenters. The van der Waals surface area contributed by atoms with Crippen molar-refractivity contribution in [3.63, 3.8) is 0 Å². The molecular formula is C5H12N6O6. The van der Waals surface area contributed by atoms with Crippen molar-refractivity contribution in [3.05, 3.63) is 20.2 Å². The molecule has 0 aliphatic rings. The average molecular weight is 252 g/mol. The third-order valence-electron chi connectivity index (χ3n) is 1.43. The zero-order valence-electron chi connectivity index (χ0n) is 8.64. The van der Waals surface area contributed by atoms with Crippen LogP contribution < -0.4 is 17.2 Å². The zero-order valence-corrected chi connectivity index (χ0v) is 8.64. The Balaban J connectivity index is 5.10. The average Bonchev–Trinajstić information content (AvgIpc) is 2.11. The molecule has 0 unspecified atom stereocenters. The Kier molecular flexibility index (Phi) is 5.39. The zero-order chi connectivity index (χ0) is 13.5. The fraction of sp³-hybridized carbons (Fsp3) is 0.800. The van der Waals surface area contributed by atoms with Crippen molar-refractivity contribution in [3.8, 4) is 0 Å². The summed E-state index contributed by atoms with van der Waals surface area (Å²) < 4.78 is 0. The van der Waals surface area contributed by atoms with Gasteiger partial charge in [0.15, 0.2) is 5.96 Å². The van der Waals surface area contributed by atoms with E-state index in [0.29, 0.717) is 0 Å². The minimum atomic E-state index is -2.52. The highest BCUT2D eigenvalue weighted by Gasteiger charge is 2.38. The Morgan fingerprint density at radius 2 is 1.71 bits per heavy atom. The molecule has 0 bridgehead atoms. The second kappa shape index (κ2) is 6.26. The van der Waals surface area contributed by atoms with Crippen molar-refractivity contribution in [2.24, 2.45) is 22.2 Å². The van der Waals surface area contributed by atoms with Gasteiger partial charge in [-0.2, -0.15) is 4.99 Å². The first-order chi connectivity index (χ1) is 7.81. The molecule has 0 rings (SSSR count). The Morgan fingerprint density at radius 3 is 2.00 bits per heavy atom. The minimum Gasteiger partial charge on any atom is -0.370 e. The molecule has 0 saturated carbocycles. The SMILES string of the molecule is NCCCC(N=C(N)N)(O[N+](=O)[O-])O[N+](=O)[O-]. The van der Waals surface area contributed by atoms with E-state index in [1.807, 2.05) is 0 Å². The predicted molar refractivity (Wildman–Crippen MR) is 53.0 cm³/mol. The van der Waals surface area contributed by atoms with E-state index in [0.717, 1.165) is 0 Å².